The fourth-order valence-corrected chi connectivity index (χ4v) is 1.71. The molecule has 1 aromatic carbocycles. The van der Waals surface area contributed by atoms with Gasteiger partial charge in [0.15, 0.2) is 11.5 Å². The molecule has 8 nitrogen and oxygen atoms in total. The molecule has 104 valence electrons. The lowest BCUT2D eigenvalue weighted by atomic mass is 10.2. The molecule has 0 bridgehead atoms. The normalized spacial score (nSPS) is 12.2. The Labute approximate surface area is 114 Å². The van der Waals surface area contributed by atoms with Crippen molar-refractivity contribution in [3.8, 4) is 17.5 Å². The molecule has 1 aliphatic rings. The summed E-state index contributed by atoms with van der Waals surface area (Å²) in [4.78, 5) is 16.0. The summed E-state index contributed by atoms with van der Waals surface area (Å²) in [5, 5.41) is 8.95. The van der Waals surface area contributed by atoms with Crippen molar-refractivity contribution in [2.75, 3.05) is 18.7 Å². The second-order valence-electron chi connectivity index (χ2n) is 3.92. The number of H-pyrrole nitrogens is 1. The van der Waals surface area contributed by atoms with Crippen molar-refractivity contribution in [2.24, 2.45) is 0 Å². The van der Waals surface area contributed by atoms with E-state index in [1.54, 1.807) is 18.2 Å². The van der Waals surface area contributed by atoms with Crippen LogP contribution in [-0.4, -0.2) is 34.5 Å². The van der Waals surface area contributed by atoms with Crippen LogP contribution >= 0.6 is 0 Å². The number of nitrogens with zero attached hydrogens (tertiary/aromatic N) is 2. The smallest absolute Gasteiger partial charge is 0.337 e. The number of hydrogen-bond donors (Lipinski definition) is 2. The molecule has 0 saturated heterocycles. The van der Waals surface area contributed by atoms with E-state index in [4.69, 9.17) is 14.2 Å². The van der Waals surface area contributed by atoms with Crippen LogP contribution in [0, 0.1) is 0 Å². The molecule has 0 aliphatic carbocycles. The van der Waals surface area contributed by atoms with Crippen molar-refractivity contribution in [1.82, 2.24) is 15.2 Å². The van der Waals surface area contributed by atoms with E-state index in [-0.39, 0.29) is 24.7 Å². The highest BCUT2D eigenvalue weighted by Gasteiger charge is 2.17. The van der Waals surface area contributed by atoms with Crippen molar-refractivity contribution in [1.29, 1.82) is 0 Å². The fraction of sp³-hybridized carbons (Fsp3) is 0.250. The maximum absolute atomic E-state index is 12.0. The molecule has 1 aliphatic heterocycles. The van der Waals surface area contributed by atoms with Crippen LogP contribution in [0.15, 0.2) is 18.2 Å². The molecule has 2 aromatic rings. The Morgan fingerprint density at radius 1 is 1.45 bits per heavy atom. The van der Waals surface area contributed by atoms with Crippen LogP contribution in [0.2, 0.25) is 0 Å². The summed E-state index contributed by atoms with van der Waals surface area (Å²) in [6.07, 6.45) is 0. The van der Waals surface area contributed by atoms with Crippen LogP contribution in [0.3, 0.4) is 0 Å². The van der Waals surface area contributed by atoms with Crippen LogP contribution in [0.1, 0.15) is 17.3 Å². The molecular formula is C12H12N4O4. The third-order valence-electron chi connectivity index (χ3n) is 2.61. The van der Waals surface area contributed by atoms with E-state index >= 15 is 0 Å². The van der Waals surface area contributed by atoms with Crippen LogP contribution in [0.4, 0.5) is 5.95 Å². The average Bonchev–Trinajstić information content (AvgIpc) is 3.07. The molecule has 8 heteroatoms. The number of nitrogens with one attached hydrogen (secondary N) is 2. The predicted molar refractivity (Wildman–Crippen MR) is 68.1 cm³/mol. The maximum Gasteiger partial charge on any atom is 0.337 e. The highest BCUT2D eigenvalue weighted by Crippen LogP contribution is 2.32. The first-order chi connectivity index (χ1) is 9.76. The Morgan fingerprint density at radius 3 is 3.15 bits per heavy atom. The molecule has 2 N–H and O–H groups in total. The fourth-order valence-electron chi connectivity index (χ4n) is 1.71. The third-order valence-corrected chi connectivity index (χ3v) is 2.61. The van der Waals surface area contributed by atoms with Crippen molar-refractivity contribution in [3.63, 3.8) is 0 Å². The zero-order chi connectivity index (χ0) is 13.9. The van der Waals surface area contributed by atoms with Gasteiger partial charge in [0.1, 0.15) is 0 Å². The van der Waals surface area contributed by atoms with Crippen LogP contribution < -0.4 is 19.5 Å². The summed E-state index contributed by atoms with van der Waals surface area (Å²) in [6.45, 7) is 2.44. The van der Waals surface area contributed by atoms with Crippen LogP contribution in [-0.2, 0) is 0 Å². The first-order valence-electron chi connectivity index (χ1n) is 6.02. The Hall–Kier alpha value is -2.77. The minimum absolute atomic E-state index is 0.167. The van der Waals surface area contributed by atoms with Gasteiger partial charge in [0.2, 0.25) is 12.7 Å². The Balaban J connectivity index is 1.72. The summed E-state index contributed by atoms with van der Waals surface area (Å²) in [7, 11) is 0. The Bertz CT molecular complexity index is 640. The first kappa shape index (κ1) is 12.3. The van der Waals surface area contributed by atoms with E-state index < -0.39 is 0 Å². The van der Waals surface area contributed by atoms with Gasteiger partial charge in [-0.15, -0.1) is 5.10 Å². The van der Waals surface area contributed by atoms with Gasteiger partial charge in [-0.05, 0) is 25.1 Å². The summed E-state index contributed by atoms with van der Waals surface area (Å²) in [6, 6.07) is 5.12. The van der Waals surface area contributed by atoms with Gasteiger partial charge in [-0.1, -0.05) is 0 Å². The molecule has 0 atom stereocenters. The molecule has 3 rings (SSSR count). The second kappa shape index (κ2) is 5.08. The molecule has 0 radical (unpaired) electrons. The minimum Gasteiger partial charge on any atom is -0.463 e. The van der Waals surface area contributed by atoms with E-state index in [1.165, 1.54) is 0 Å². The van der Waals surface area contributed by atoms with Gasteiger partial charge in [-0.2, -0.15) is 4.98 Å². The van der Waals surface area contributed by atoms with Gasteiger partial charge in [-0.3, -0.25) is 10.1 Å². The summed E-state index contributed by atoms with van der Waals surface area (Å²) in [5.74, 6) is 1.06. The molecule has 2 heterocycles. The number of carbonyl (C=O) groups excluding carboxylic acids is 1. The Kier molecular flexibility index (Phi) is 3.12. The first-order valence-corrected chi connectivity index (χ1v) is 6.02. The molecule has 0 unspecified atom stereocenters. The number of benzene rings is 1. The lowest BCUT2D eigenvalue weighted by Gasteiger charge is -2.02. The number of hydrogen-bond acceptors (Lipinski definition) is 6. The zero-order valence-corrected chi connectivity index (χ0v) is 10.7. The van der Waals surface area contributed by atoms with Crippen molar-refractivity contribution >= 4 is 11.9 Å². The molecule has 20 heavy (non-hydrogen) atoms. The third kappa shape index (κ3) is 2.35. The standard InChI is InChI=1S/C12H12N4O4/c1-2-18-12-14-11(15-16-12)13-10(17)7-3-4-8-9(5-7)20-6-19-8/h3-5H,2,6H2,1H3,(H2,13,14,15,16,17). The van der Waals surface area contributed by atoms with Crippen molar-refractivity contribution < 1.29 is 19.0 Å². The van der Waals surface area contributed by atoms with Gasteiger partial charge in [-0.25, -0.2) is 5.10 Å². The SMILES string of the molecule is CCOc1n[nH]c(NC(=O)c2ccc3c(c2)OCO3)n1. The number of aromatic amines is 1. The summed E-state index contributed by atoms with van der Waals surface area (Å²) >= 11 is 0. The number of anilines is 1. The quantitative estimate of drug-likeness (QED) is 0.870. The van der Waals surface area contributed by atoms with Gasteiger partial charge in [0.05, 0.1) is 6.61 Å². The lowest BCUT2D eigenvalue weighted by Crippen LogP contribution is -2.12. The average molecular weight is 276 g/mol. The van der Waals surface area contributed by atoms with Gasteiger partial charge < -0.3 is 14.2 Å². The van der Waals surface area contributed by atoms with Crippen LogP contribution in [0.5, 0.6) is 17.5 Å². The summed E-state index contributed by atoms with van der Waals surface area (Å²) in [5.41, 5.74) is 0.434. The second-order valence-corrected chi connectivity index (χ2v) is 3.92. The van der Waals surface area contributed by atoms with E-state index in [2.05, 4.69) is 20.5 Å². The van der Waals surface area contributed by atoms with Gasteiger partial charge >= 0.3 is 6.01 Å². The van der Waals surface area contributed by atoms with E-state index in [0.29, 0.717) is 23.7 Å². The van der Waals surface area contributed by atoms with E-state index in [9.17, 15) is 4.79 Å². The zero-order valence-electron chi connectivity index (χ0n) is 10.7. The molecule has 0 saturated carbocycles. The number of carbonyl (C=O) groups is 1. The molecule has 1 aromatic heterocycles. The molecule has 0 spiro atoms. The lowest BCUT2D eigenvalue weighted by molar-refractivity contribution is 0.102. The molecule has 0 fully saturated rings. The number of ether oxygens (including phenoxy) is 3. The monoisotopic (exact) mass is 276 g/mol. The Morgan fingerprint density at radius 2 is 2.30 bits per heavy atom. The van der Waals surface area contributed by atoms with Gasteiger partial charge in [0, 0.05) is 5.56 Å². The topological polar surface area (TPSA) is 98.4 Å². The largest absolute Gasteiger partial charge is 0.463 e. The number of amides is 1. The van der Waals surface area contributed by atoms with Crippen molar-refractivity contribution in [3.05, 3.63) is 23.8 Å². The minimum atomic E-state index is -0.331. The molecular weight excluding hydrogens is 264 g/mol. The predicted octanol–water partition coefficient (Wildman–Crippen LogP) is 1.18. The van der Waals surface area contributed by atoms with E-state index in [0.717, 1.165) is 0 Å². The maximum atomic E-state index is 12.0. The highest BCUT2D eigenvalue weighted by molar-refractivity contribution is 6.03. The van der Waals surface area contributed by atoms with Gasteiger partial charge in [0.25, 0.3) is 5.91 Å². The highest BCUT2D eigenvalue weighted by atomic mass is 16.7. The van der Waals surface area contributed by atoms with E-state index in [1.807, 2.05) is 6.92 Å². The number of fused-ring (bicyclic) bond motifs is 1. The number of rotatable bonds is 4. The summed E-state index contributed by atoms with van der Waals surface area (Å²) < 4.78 is 15.5. The van der Waals surface area contributed by atoms with Crippen molar-refractivity contribution in [2.45, 2.75) is 6.92 Å². The van der Waals surface area contributed by atoms with Crippen LogP contribution in [0.25, 0.3) is 0 Å². The molecule has 1 amide bonds. The number of aromatic nitrogens is 3.